The molecule has 1 aromatic carbocycles. The minimum absolute atomic E-state index is 0.0196. The van der Waals surface area contributed by atoms with Crippen LogP contribution in [0.5, 0.6) is 0 Å². The van der Waals surface area contributed by atoms with Gasteiger partial charge in [0.15, 0.2) is 5.82 Å². The molecular formula is C24H16ClF3N10O2. The number of nitrogens with zero attached hydrogens (tertiary/aromatic N) is 8. The smallest absolute Gasteiger partial charge is 0.341 e. The molecule has 0 spiro atoms. The zero-order valence-corrected chi connectivity index (χ0v) is 21.1. The van der Waals surface area contributed by atoms with E-state index in [0.717, 1.165) is 4.68 Å². The Morgan fingerprint density at radius 3 is 2.62 bits per heavy atom. The topological polar surface area (TPSA) is 156 Å². The standard InChI is InChI=1S/C24H16ClF3N10O2/c1-3-6-31-21(39)16-9-14(11-29)8-13(2)19(16)32-22(40)18-10-15(12-37-35-23(33-36-37)24(26,27)28)34-38(18)20-17(25)5-4-7-30-20/h1,4-5,7-10H,6,12H2,2H3,(H,31,39)(H,32,40). The first-order chi connectivity index (χ1) is 19.0. The highest BCUT2D eigenvalue weighted by molar-refractivity contribution is 6.32. The van der Waals surface area contributed by atoms with Crippen molar-refractivity contribution in [1.82, 2.24) is 40.3 Å². The van der Waals surface area contributed by atoms with Crippen molar-refractivity contribution in [3.63, 3.8) is 0 Å². The minimum Gasteiger partial charge on any atom is -0.341 e. The maximum absolute atomic E-state index is 13.5. The second-order valence-electron chi connectivity index (χ2n) is 8.05. The van der Waals surface area contributed by atoms with Crippen molar-refractivity contribution in [3.8, 4) is 24.2 Å². The summed E-state index contributed by atoms with van der Waals surface area (Å²) < 4.78 is 39.8. The van der Waals surface area contributed by atoms with Gasteiger partial charge in [0.05, 0.1) is 40.1 Å². The Morgan fingerprint density at radius 2 is 1.98 bits per heavy atom. The Balaban J connectivity index is 1.75. The van der Waals surface area contributed by atoms with Gasteiger partial charge in [-0.05, 0) is 48.0 Å². The van der Waals surface area contributed by atoms with Crippen LogP contribution in [0.4, 0.5) is 18.9 Å². The molecule has 4 rings (SSSR count). The van der Waals surface area contributed by atoms with Crippen LogP contribution in [0.2, 0.25) is 5.02 Å². The number of benzene rings is 1. The summed E-state index contributed by atoms with van der Waals surface area (Å²) in [6.45, 7) is 1.11. The number of hydrogen-bond acceptors (Lipinski definition) is 8. The molecule has 0 saturated heterocycles. The fourth-order valence-electron chi connectivity index (χ4n) is 3.53. The Bertz CT molecular complexity index is 1700. The number of rotatable bonds is 7. The van der Waals surface area contributed by atoms with Crippen molar-refractivity contribution in [3.05, 3.63) is 75.5 Å². The van der Waals surface area contributed by atoms with E-state index < -0.39 is 23.8 Å². The number of nitriles is 1. The lowest BCUT2D eigenvalue weighted by Crippen LogP contribution is -2.26. The molecular weight excluding hydrogens is 553 g/mol. The first-order valence-electron chi connectivity index (χ1n) is 11.1. The molecule has 40 heavy (non-hydrogen) atoms. The molecule has 12 nitrogen and oxygen atoms in total. The molecule has 2 amide bonds. The Hall–Kier alpha value is -5.28. The summed E-state index contributed by atoms with van der Waals surface area (Å²) in [6, 6.07) is 9.03. The van der Waals surface area contributed by atoms with Crippen LogP contribution in [0.25, 0.3) is 5.82 Å². The Labute approximate surface area is 228 Å². The number of nitrogens with one attached hydrogen (secondary N) is 2. The Morgan fingerprint density at radius 1 is 1.20 bits per heavy atom. The summed E-state index contributed by atoms with van der Waals surface area (Å²) in [5.41, 5.74) is 0.577. The maximum Gasteiger partial charge on any atom is 0.455 e. The molecule has 0 atom stereocenters. The number of tetrazole rings is 1. The van der Waals surface area contributed by atoms with Crippen molar-refractivity contribution >= 4 is 29.1 Å². The quantitative estimate of drug-likeness (QED) is 0.322. The third kappa shape index (κ3) is 5.90. The first kappa shape index (κ1) is 27.7. The van der Waals surface area contributed by atoms with Crippen molar-refractivity contribution in [1.29, 1.82) is 5.26 Å². The largest absolute Gasteiger partial charge is 0.455 e. The second kappa shape index (κ2) is 11.2. The van der Waals surface area contributed by atoms with Crippen LogP contribution >= 0.6 is 11.6 Å². The van der Waals surface area contributed by atoms with E-state index in [-0.39, 0.29) is 52.1 Å². The molecule has 0 fully saturated rings. The molecule has 3 heterocycles. The lowest BCUT2D eigenvalue weighted by Gasteiger charge is -2.15. The Kier molecular flexibility index (Phi) is 7.78. The molecule has 202 valence electrons. The number of carbonyl (C=O) groups excluding carboxylic acids is 2. The zero-order chi connectivity index (χ0) is 29.0. The van der Waals surface area contributed by atoms with E-state index in [1.165, 1.54) is 30.5 Å². The molecule has 0 aliphatic carbocycles. The molecule has 0 unspecified atom stereocenters. The van der Waals surface area contributed by atoms with Crippen LogP contribution in [0.15, 0.2) is 36.5 Å². The van der Waals surface area contributed by atoms with Gasteiger partial charge < -0.3 is 10.6 Å². The van der Waals surface area contributed by atoms with E-state index in [0.29, 0.717) is 10.4 Å². The number of carbonyl (C=O) groups is 2. The zero-order valence-electron chi connectivity index (χ0n) is 20.4. The third-order valence-electron chi connectivity index (χ3n) is 5.24. The summed E-state index contributed by atoms with van der Waals surface area (Å²) >= 11 is 6.27. The van der Waals surface area contributed by atoms with Crippen LogP contribution in [0.3, 0.4) is 0 Å². The van der Waals surface area contributed by atoms with Crippen LogP contribution in [0.1, 0.15) is 43.5 Å². The molecule has 0 saturated carbocycles. The normalized spacial score (nSPS) is 11.0. The van der Waals surface area contributed by atoms with E-state index in [4.69, 9.17) is 18.0 Å². The SMILES string of the molecule is C#CCNC(=O)c1cc(C#N)cc(C)c1NC(=O)c1cc(Cn2nnc(C(F)(F)F)n2)nn1-c1ncccc1Cl. The minimum atomic E-state index is -4.80. The van der Waals surface area contributed by atoms with Gasteiger partial charge >= 0.3 is 6.18 Å². The number of aryl methyl sites for hydroxylation is 1. The van der Waals surface area contributed by atoms with E-state index in [1.54, 1.807) is 13.0 Å². The summed E-state index contributed by atoms with van der Waals surface area (Å²) in [7, 11) is 0. The highest BCUT2D eigenvalue weighted by Crippen LogP contribution is 2.27. The predicted molar refractivity (Wildman–Crippen MR) is 133 cm³/mol. The molecule has 16 heteroatoms. The van der Waals surface area contributed by atoms with Crippen LogP contribution < -0.4 is 10.6 Å². The fraction of sp³-hybridized carbons (Fsp3) is 0.167. The van der Waals surface area contributed by atoms with E-state index in [1.807, 2.05) is 6.07 Å². The fourth-order valence-corrected chi connectivity index (χ4v) is 3.73. The number of anilines is 1. The summed E-state index contributed by atoms with van der Waals surface area (Å²) in [4.78, 5) is 31.1. The second-order valence-corrected chi connectivity index (χ2v) is 8.46. The molecule has 0 aliphatic heterocycles. The average Bonchev–Trinajstić information content (AvgIpc) is 3.56. The highest BCUT2D eigenvalue weighted by atomic mass is 35.5. The van der Waals surface area contributed by atoms with Gasteiger partial charge in [-0.25, -0.2) is 9.67 Å². The number of amides is 2. The molecule has 0 bridgehead atoms. The van der Waals surface area contributed by atoms with E-state index in [2.05, 4.69) is 42.0 Å². The monoisotopic (exact) mass is 568 g/mol. The van der Waals surface area contributed by atoms with Gasteiger partial charge in [0.25, 0.3) is 17.6 Å². The van der Waals surface area contributed by atoms with Gasteiger partial charge in [0.1, 0.15) is 12.2 Å². The lowest BCUT2D eigenvalue weighted by atomic mass is 10.0. The van der Waals surface area contributed by atoms with E-state index in [9.17, 15) is 28.0 Å². The molecule has 0 aliphatic rings. The number of terminal acetylenes is 1. The van der Waals surface area contributed by atoms with Gasteiger partial charge in [-0.3, -0.25) is 9.59 Å². The summed E-state index contributed by atoms with van der Waals surface area (Å²) in [6.07, 6.45) is 1.82. The van der Waals surface area contributed by atoms with Gasteiger partial charge in [-0.2, -0.15) is 28.3 Å². The van der Waals surface area contributed by atoms with Gasteiger partial charge in [0.2, 0.25) is 0 Å². The molecule has 3 aromatic heterocycles. The van der Waals surface area contributed by atoms with Gasteiger partial charge in [-0.1, -0.05) is 17.5 Å². The van der Waals surface area contributed by atoms with Gasteiger partial charge in [-0.15, -0.1) is 16.6 Å². The molecule has 4 aromatic rings. The highest BCUT2D eigenvalue weighted by Gasteiger charge is 2.37. The molecule has 0 radical (unpaired) electrons. The summed E-state index contributed by atoms with van der Waals surface area (Å²) in [5, 5.41) is 28.5. The number of aromatic nitrogens is 7. The van der Waals surface area contributed by atoms with Crippen LogP contribution in [-0.4, -0.2) is 53.3 Å². The number of alkyl halides is 3. The molecule has 2 N–H and O–H groups in total. The summed E-state index contributed by atoms with van der Waals surface area (Å²) in [5.74, 6) is -0.533. The van der Waals surface area contributed by atoms with Crippen molar-refractivity contribution < 1.29 is 22.8 Å². The van der Waals surface area contributed by atoms with Gasteiger partial charge in [0, 0.05) is 6.20 Å². The van der Waals surface area contributed by atoms with Crippen molar-refractivity contribution in [2.24, 2.45) is 0 Å². The number of pyridine rings is 1. The lowest BCUT2D eigenvalue weighted by molar-refractivity contribution is -0.145. The predicted octanol–water partition coefficient (Wildman–Crippen LogP) is 2.77. The third-order valence-corrected chi connectivity index (χ3v) is 5.54. The van der Waals surface area contributed by atoms with E-state index >= 15 is 0 Å². The van der Waals surface area contributed by atoms with Crippen LogP contribution in [0, 0.1) is 30.6 Å². The number of hydrogen-bond donors (Lipinski definition) is 2. The maximum atomic E-state index is 13.5. The van der Waals surface area contributed by atoms with Crippen LogP contribution in [-0.2, 0) is 12.7 Å². The van der Waals surface area contributed by atoms with Crippen molar-refractivity contribution in [2.75, 3.05) is 11.9 Å². The first-order valence-corrected chi connectivity index (χ1v) is 11.5. The number of halogens is 4. The average molecular weight is 569 g/mol. The van der Waals surface area contributed by atoms with Crippen molar-refractivity contribution in [2.45, 2.75) is 19.6 Å².